The van der Waals surface area contributed by atoms with E-state index in [1.54, 1.807) is 11.1 Å². The van der Waals surface area contributed by atoms with Crippen molar-refractivity contribution in [1.82, 2.24) is 19.8 Å². The molecule has 3 heterocycles. The number of para-hydroxylation sites is 1. The van der Waals surface area contributed by atoms with Gasteiger partial charge in [0.2, 0.25) is 0 Å². The molecule has 2 aromatic rings. The van der Waals surface area contributed by atoms with E-state index in [1.165, 1.54) is 0 Å². The number of nitrogens with zero attached hydrogens (tertiary/aromatic N) is 4. The van der Waals surface area contributed by atoms with Gasteiger partial charge in [-0.1, -0.05) is 18.2 Å². The number of hydrogen-bond acceptors (Lipinski definition) is 6. The second-order valence-corrected chi connectivity index (χ2v) is 7.83. The summed E-state index contributed by atoms with van der Waals surface area (Å²) in [5.74, 6) is 1.11. The van der Waals surface area contributed by atoms with Crippen molar-refractivity contribution in [3.8, 4) is 5.75 Å². The molecular weight excluding hydrogens is 396 g/mol. The van der Waals surface area contributed by atoms with E-state index in [0.717, 1.165) is 19.3 Å². The van der Waals surface area contributed by atoms with Crippen molar-refractivity contribution in [1.29, 1.82) is 0 Å². The number of carbonyl (C=O) groups is 2. The zero-order valence-electron chi connectivity index (χ0n) is 17.8. The van der Waals surface area contributed by atoms with Crippen LogP contribution < -0.4 is 4.74 Å². The van der Waals surface area contributed by atoms with E-state index in [9.17, 15) is 9.59 Å². The molecule has 0 aliphatic carbocycles. The minimum atomic E-state index is -0.202. The number of aryl methyl sites for hydroxylation is 1. The molecular formula is C23H28N4O4. The van der Waals surface area contributed by atoms with Crippen LogP contribution in [0, 0.1) is 6.92 Å². The highest BCUT2D eigenvalue weighted by atomic mass is 16.5. The Balaban J connectivity index is 1.46. The number of carbonyl (C=O) groups excluding carboxylic acids is 2. The topological polar surface area (TPSA) is 84.9 Å². The van der Waals surface area contributed by atoms with Crippen LogP contribution in [0.3, 0.4) is 0 Å². The molecule has 8 heteroatoms. The number of piperidine rings is 1. The van der Waals surface area contributed by atoms with Crippen LogP contribution in [-0.2, 0) is 9.53 Å². The molecule has 0 N–H and O–H groups in total. The van der Waals surface area contributed by atoms with Crippen LogP contribution in [0.25, 0.3) is 0 Å². The fourth-order valence-corrected chi connectivity index (χ4v) is 4.04. The predicted molar refractivity (Wildman–Crippen MR) is 114 cm³/mol. The largest absolute Gasteiger partial charge is 0.484 e. The number of likely N-dealkylation sites (tertiary alicyclic amines) is 1. The fraction of sp³-hybridized carbons (Fsp3) is 0.478. The lowest BCUT2D eigenvalue weighted by atomic mass is 10.0. The third-order valence-electron chi connectivity index (χ3n) is 5.75. The van der Waals surface area contributed by atoms with Gasteiger partial charge in [0.05, 0.1) is 30.5 Å². The standard InChI is InChI=1S/C23H28N4O4/c1-17-19(23(29)26-11-13-30-14-12-26)15-24-22(25-17)20-9-5-6-10-27(20)21(28)16-31-18-7-3-2-4-8-18/h2-4,7-8,15,20H,5-6,9-14,16H2,1H3/t20-/m0/s1. The lowest BCUT2D eigenvalue weighted by Crippen LogP contribution is -2.42. The Hall–Kier alpha value is -3.00. The molecule has 0 radical (unpaired) electrons. The highest BCUT2D eigenvalue weighted by Gasteiger charge is 2.31. The molecule has 0 unspecified atom stereocenters. The molecule has 2 aliphatic heterocycles. The first-order valence-corrected chi connectivity index (χ1v) is 10.8. The SMILES string of the molecule is Cc1nc([C@@H]2CCCCN2C(=O)COc2ccccc2)ncc1C(=O)N1CCOCC1. The summed E-state index contributed by atoms with van der Waals surface area (Å²) in [4.78, 5) is 38.4. The quantitative estimate of drug-likeness (QED) is 0.733. The molecule has 1 aromatic carbocycles. The first-order valence-electron chi connectivity index (χ1n) is 10.8. The van der Waals surface area contributed by atoms with Gasteiger partial charge in [0.1, 0.15) is 5.75 Å². The van der Waals surface area contributed by atoms with E-state index in [4.69, 9.17) is 9.47 Å². The minimum absolute atomic E-state index is 0.0207. The average molecular weight is 425 g/mol. The zero-order valence-corrected chi connectivity index (χ0v) is 17.8. The Kier molecular flexibility index (Phi) is 6.76. The lowest BCUT2D eigenvalue weighted by molar-refractivity contribution is -0.137. The number of rotatable bonds is 5. The van der Waals surface area contributed by atoms with Crippen LogP contribution in [-0.4, -0.2) is 71.0 Å². The summed E-state index contributed by atoms with van der Waals surface area (Å²) < 4.78 is 11.0. The Labute approximate surface area is 182 Å². The minimum Gasteiger partial charge on any atom is -0.484 e. The number of morpholine rings is 1. The molecule has 2 saturated heterocycles. The molecule has 0 bridgehead atoms. The molecule has 0 saturated carbocycles. The maximum atomic E-state index is 12.9. The van der Waals surface area contributed by atoms with E-state index < -0.39 is 0 Å². The van der Waals surface area contributed by atoms with Crippen molar-refractivity contribution in [3.63, 3.8) is 0 Å². The first-order chi connectivity index (χ1) is 15.1. The second-order valence-electron chi connectivity index (χ2n) is 7.83. The maximum Gasteiger partial charge on any atom is 0.261 e. The van der Waals surface area contributed by atoms with Crippen LogP contribution in [0.2, 0.25) is 0 Å². The lowest BCUT2D eigenvalue weighted by Gasteiger charge is -2.35. The van der Waals surface area contributed by atoms with E-state index in [-0.39, 0.29) is 24.5 Å². The Morgan fingerprint density at radius 1 is 1.13 bits per heavy atom. The maximum absolute atomic E-state index is 12.9. The molecule has 31 heavy (non-hydrogen) atoms. The van der Waals surface area contributed by atoms with Crippen LogP contribution in [0.4, 0.5) is 0 Å². The highest BCUT2D eigenvalue weighted by molar-refractivity contribution is 5.95. The smallest absolute Gasteiger partial charge is 0.261 e. The fourth-order valence-electron chi connectivity index (χ4n) is 4.04. The van der Waals surface area contributed by atoms with Gasteiger partial charge in [0.25, 0.3) is 11.8 Å². The van der Waals surface area contributed by atoms with Gasteiger partial charge in [-0.2, -0.15) is 0 Å². The van der Waals surface area contributed by atoms with E-state index in [0.29, 0.717) is 55.7 Å². The van der Waals surface area contributed by atoms with Crippen molar-refractivity contribution in [2.75, 3.05) is 39.5 Å². The number of ether oxygens (including phenoxy) is 2. The third-order valence-corrected chi connectivity index (χ3v) is 5.75. The monoisotopic (exact) mass is 424 g/mol. The molecule has 1 aromatic heterocycles. The van der Waals surface area contributed by atoms with Crippen molar-refractivity contribution < 1.29 is 19.1 Å². The normalized spacial score (nSPS) is 19.2. The molecule has 2 amide bonds. The predicted octanol–water partition coefficient (Wildman–Crippen LogP) is 2.39. The second kappa shape index (κ2) is 9.87. The van der Waals surface area contributed by atoms with Gasteiger partial charge >= 0.3 is 0 Å². The number of hydrogen-bond donors (Lipinski definition) is 0. The van der Waals surface area contributed by atoms with E-state index in [1.807, 2.05) is 42.2 Å². The number of benzene rings is 1. The van der Waals surface area contributed by atoms with Gasteiger partial charge in [-0.25, -0.2) is 9.97 Å². The highest BCUT2D eigenvalue weighted by Crippen LogP contribution is 2.29. The van der Waals surface area contributed by atoms with Crippen molar-refractivity contribution in [3.05, 3.63) is 53.6 Å². The molecule has 0 spiro atoms. The Morgan fingerprint density at radius 3 is 2.65 bits per heavy atom. The number of aromatic nitrogens is 2. The third kappa shape index (κ3) is 5.02. The molecule has 2 aliphatic rings. The summed E-state index contributed by atoms with van der Waals surface area (Å²) in [5, 5.41) is 0. The van der Waals surface area contributed by atoms with Gasteiger partial charge in [-0.3, -0.25) is 9.59 Å². The van der Waals surface area contributed by atoms with E-state index in [2.05, 4.69) is 9.97 Å². The van der Waals surface area contributed by atoms with Gasteiger partial charge in [0, 0.05) is 25.8 Å². The molecule has 164 valence electrons. The van der Waals surface area contributed by atoms with Crippen molar-refractivity contribution >= 4 is 11.8 Å². The van der Waals surface area contributed by atoms with Crippen LogP contribution >= 0.6 is 0 Å². The summed E-state index contributed by atoms with van der Waals surface area (Å²) in [6, 6.07) is 9.12. The van der Waals surface area contributed by atoms with Gasteiger partial charge < -0.3 is 19.3 Å². The van der Waals surface area contributed by atoms with Gasteiger partial charge in [-0.15, -0.1) is 0 Å². The zero-order chi connectivity index (χ0) is 21.6. The van der Waals surface area contributed by atoms with Crippen molar-refractivity contribution in [2.24, 2.45) is 0 Å². The Bertz CT molecular complexity index is 915. The summed E-state index contributed by atoms with van der Waals surface area (Å²) >= 11 is 0. The molecule has 8 nitrogen and oxygen atoms in total. The van der Waals surface area contributed by atoms with Crippen molar-refractivity contribution in [2.45, 2.75) is 32.2 Å². The summed E-state index contributed by atoms with van der Waals surface area (Å²) in [5.41, 5.74) is 1.15. The Morgan fingerprint density at radius 2 is 1.90 bits per heavy atom. The van der Waals surface area contributed by atoms with E-state index >= 15 is 0 Å². The van der Waals surface area contributed by atoms with Gasteiger partial charge in [-0.05, 0) is 38.3 Å². The first kappa shape index (κ1) is 21.2. The van der Waals surface area contributed by atoms with Gasteiger partial charge in [0.15, 0.2) is 12.4 Å². The molecule has 2 fully saturated rings. The molecule has 4 rings (SSSR count). The summed E-state index contributed by atoms with van der Waals surface area (Å²) in [7, 11) is 0. The summed E-state index contributed by atoms with van der Waals surface area (Å²) in [6.45, 7) is 4.71. The average Bonchev–Trinajstić information content (AvgIpc) is 2.83. The van der Waals surface area contributed by atoms with Crippen LogP contribution in [0.1, 0.15) is 47.2 Å². The van der Waals surface area contributed by atoms with Crippen LogP contribution in [0.5, 0.6) is 5.75 Å². The number of amides is 2. The molecule has 1 atom stereocenters. The summed E-state index contributed by atoms with van der Waals surface area (Å²) in [6.07, 6.45) is 4.35. The van der Waals surface area contributed by atoms with Crippen LogP contribution in [0.15, 0.2) is 36.5 Å².